The lowest BCUT2D eigenvalue weighted by Crippen LogP contribution is -2.49. The molecule has 2 saturated heterocycles. The minimum Gasteiger partial charge on any atom is -0.477 e. The van der Waals surface area contributed by atoms with Gasteiger partial charge in [-0.1, -0.05) is 67.9 Å². The maximum atomic E-state index is 15.5. The normalized spacial score (nSPS) is 14.7. The zero-order valence-corrected chi connectivity index (χ0v) is 44.5. The summed E-state index contributed by atoms with van der Waals surface area (Å²) in [5.41, 5.74) is 6.92. The lowest BCUT2D eigenvalue weighted by atomic mass is 9.99. The SMILES string of the molecule is CCn1cc(C(=O)O)c(=O)c2cc(F)c(N3CCN(C(=O)OCc4ccc(NC(=O)[C@H](CCCNC(N)=O)n5cc([C@@H](NC(=O)[C@H](Cc6ccccc6)NC(=O)CCCCCN6C(=O)CCC6=O)C(C)C)nn5)cc4)CC3)cc21. The van der Waals surface area contributed by atoms with Crippen LogP contribution in [0.25, 0.3) is 10.9 Å². The molecule has 3 atom stereocenters. The van der Waals surface area contributed by atoms with Crippen molar-refractivity contribution in [1.82, 2.24) is 45.3 Å². The summed E-state index contributed by atoms with van der Waals surface area (Å²) in [6.45, 7) is 7.27. The predicted molar refractivity (Wildman–Crippen MR) is 288 cm³/mol. The minimum atomic E-state index is -1.40. The Hall–Kier alpha value is -8.70. The number of imide groups is 1. The van der Waals surface area contributed by atoms with Gasteiger partial charge in [0.15, 0.2) is 0 Å². The number of pyridine rings is 1. The van der Waals surface area contributed by atoms with Crippen LogP contribution in [0.15, 0.2) is 83.9 Å². The molecule has 0 spiro atoms. The number of primary amides is 1. The van der Waals surface area contributed by atoms with Gasteiger partial charge in [-0.3, -0.25) is 33.7 Å². The van der Waals surface area contributed by atoms with E-state index in [1.807, 2.05) is 44.2 Å². The van der Waals surface area contributed by atoms with E-state index >= 15 is 4.39 Å². The Labute approximate surface area is 455 Å². The molecule has 3 aromatic carbocycles. The summed E-state index contributed by atoms with van der Waals surface area (Å²) in [5, 5.41) is 29.5. The van der Waals surface area contributed by atoms with Gasteiger partial charge in [-0.25, -0.2) is 23.5 Å². The van der Waals surface area contributed by atoms with Crippen LogP contribution >= 0.6 is 0 Å². The van der Waals surface area contributed by atoms with Crippen LogP contribution in [0.4, 0.5) is 25.4 Å². The van der Waals surface area contributed by atoms with Crippen molar-refractivity contribution < 1.29 is 52.6 Å². The maximum Gasteiger partial charge on any atom is 0.410 e. The summed E-state index contributed by atoms with van der Waals surface area (Å²) >= 11 is 0. The number of amides is 8. The fraction of sp³-hybridized carbons (Fsp3) is 0.436. The molecule has 0 radical (unpaired) electrons. The van der Waals surface area contributed by atoms with Gasteiger partial charge in [0.25, 0.3) is 0 Å². The fourth-order valence-electron chi connectivity index (χ4n) is 9.57. The van der Waals surface area contributed by atoms with Gasteiger partial charge in [0.05, 0.1) is 23.4 Å². The Bertz CT molecular complexity index is 3070. The Morgan fingerprint density at radius 3 is 2.20 bits per heavy atom. The van der Waals surface area contributed by atoms with E-state index in [1.54, 1.807) is 46.9 Å². The number of nitrogens with one attached hydrogen (secondary N) is 4. The highest BCUT2D eigenvalue weighted by atomic mass is 19.1. The molecule has 5 aromatic rings. The van der Waals surface area contributed by atoms with Crippen molar-refractivity contribution in [3.63, 3.8) is 0 Å². The van der Waals surface area contributed by atoms with Crippen molar-refractivity contribution in [2.45, 2.75) is 110 Å². The molecule has 4 heterocycles. The van der Waals surface area contributed by atoms with E-state index in [0.717, 1.165) is 11.6 Å². The molecule has 23 nitrogen and oxygen atoms in total. The molecule has 0 unspecified atom stereocenters. The number of aromatic carboxylic acids is 1. The number of anilines is 2. The lowest BCUT2D eigenvalue weighted by Gasteiger charge is -2.35. The number of nitrogens with zero attached hydrogens (tertiary/aromatic N) is 7. The van der Waals surface area contributed by atoms with Crippen LogP contribution in [0.5, 0.6) is 0 Å². The van der Waals surface area contributed by atoms with Crippen molar-refractivity contribution in [1.29, 1.82) is 0 Å². The van der Waals surface area contributed by atoms with Gasteiger partial charge in [-0.2, -0.15) is 0 Å². The van der Waals surface area contributed by atoms with E-state index in [2.05, 4.69) is 31.6 Å². The van der Waals surface area contributed by atoms with E-state index in [9.17, 15) is 48.3 Å². The quantitative estimate of drug-likeness (QED) is 0.0339. The molecule has 79 heavy (non-hydrogen) atoms. The number of hydrogen-bond donors (Lipinski definition) is 6. The molecule has 7 rings (SSSR count). The van der Waals surface area contributed by atoms with Crippen LogP contribution in [-0.4, -0.2) is 127 Å². The van der Waals surface area contributed by atoms with Gasteiger partial charge in [-0.05, 0) is 73.9 Å². The van der Waals surface area contributed by atoms with Crippen LogP contribution in [0.1, 0.15) is 111 Å². The summed E-state index contributed by atoms with van der Waals surface area (Å²) < 4.78 is 24.0. The summed E-state index contributed by atoms with van der Waals surface area (Å²) in [7, 11) is 0. The van der Waals surface area contributed by atoms with Gasteiger partial charge in [0, 0.05) is 88.8 Å². The molecule has 2 aliphatic heterocycles. The molecule has 2 aliphatic rings. The second-order valence-electron chi connectivity index (χ2n) is 19.9. The number of piperazine rings is 1. The summed E-state index contributed by atoms with van der Waals surface area (Å²) in [5.74, 6) is -3.90. The Morgan fingerprint density at radius 1 is 0.835 bits per heavy atom. The molecular weight excluding hydrogens is 1020 g/mol. The first-order valence-corrected chi connectivity index (χ1v) is 26.5. The molecule has 7 N–H and O–H groups in total. The average molecular weight is 1090 g/mol. The topological polar surface area (TPSA) is 303 Å². The number of hydrogen-bond acceptors (Lipinski definition) is 13. The molecule has 0 aliphatic carbocycles. The fourth-order valence-corrected chi connectivity index (χ4v) is 9.57. The van der Waals surface area contributed by atoms with Gasteiger partial charge in [0.2, 0.25) is 35.0 Å². The number of rotatable bonds is 25. The molecule has 0 bridgehead atoms. The highest BCUT2D eigenvalue weighted by molar-refractivity contribution is 6.02. The number of halogens is 1. The van der Waals surface area contributed by atoms with E-state index in [0.29, 0.717) is 61.2 Å². The maximum absolute atomic E-state index is 15.5. The second-order valence-corrected chi connectivity index (χ2v) is 19.9. The van der Waals surface area contributed by atoms with Gasteiger partial charge in [0.1, 0.15) is 35.8 Å². The molecule has 2 aromatic heterocycles. The Morgan fingerprint density at radius 2 is 1.54 bits per heavy atom. The zero-order valence-electron chi connectivity index (χ0n) is 44.5. The number of carbonyl (C=O) groups excluding carboxylic acids is 7. The number of fused-ring (bicyclic) bond motifs is 1. The van der Waals surface area contributed by atoms with E-state index in [4.69, 9.17) is 10.5 Å². The largest absolute Gasteiger partial charge is 0.477 e. The number of unbranched alkanes of at least 4 members (excludes halogenated alkanes) is 2. The number of carboxylic acids is 1. The smallest absolute Gasteiger partial charge is 0.410 e. The molecule has 420 valence electrons. The van der Waals surface area contributed by atoms with E-state index < -0.39 is 64.8 Å². The Balaban J connectivity index is 0.942. The van der Waals surface area contributed by atoms with E-state index in [1.165, 1.54) is 26.7 Å². The van der Waals surface area contributed by atoms with Crippen LogP contribution in [0.2, 0.25) is 0 Å². The highest BCUT2D eigenvalue weighted by Crippen LogP contribution is 2.28. The number of carboxylic acid groups (broad SMARTS) is 1. The van der Waals surface area contributed by atoms with Crippen LogP contribution in [-0.2, 0) is 48.3 Å². The summed E-state index contributed by atoms with van der Waals surface area (Å²) in [4.78, 5) is 119. The first-order chi connectivity index (χ1) is 37.9. The number of benzene rings is 3. The third kappa shape index (κ3) is 15.3. The van der Waals surface area contributed by atoms with Crippen molar-refractivity contribution in [3.8, 4) is 0 Å². The van der Waals surface area contributed by atoms with Crippen LogP contribution in [0, 0.1) is 11.7 Å². The number of carbonyl (C=O) groups is 8. The summed E-state index contributed by atoms with van der Waals surface area (Å²) in [6, 6.07) is 15.2. The van der Waals surface area contributed by atoms with Crippen LogP contribution in [0.3, 0.4) is 0 Å². The number of aromatic nitrogens is 4. The molecule has 2 fully saturated rings. The lowest BCUT2D eigenvalue weighted by molar-refractivity contribution is -0.138. The molecule has 8 amide bonds. The van der Waals surface area contributed by atoms with Crippen molar-refractivity contribution in [3.05, 3.63) is 118 Å². The van der Waals surface area contributed by atoms with Crippen molar-refractivity contribution >= 4 is 69.9 Å². The molecular formula is C55H67FN12O11. The van der Waals surface area contributed by atoms with Crippen molar-refractivity contribution in [2.75, 3.05) is 49.5 Å². The zero-order chi connectivity index (χ0) is 56.8. The number of nitrogens with two attached hydrogens (primary N) is 1. The monoisotopic (exact) mass is 1090 g/mol. The first-order valence-electron chi connectivity index (χ1n) is 26.5. The third-order valence-corrected chi connectivity index (χ3v) is 13.9. The number of urea groups is 1. The number of ether oxygens (including phenoxy) is 1. The second kappa shape index (κ2) is 27.1. The number of likely N-dealkylation sites (tertiary alicyclic amines) is 1. The standard InChI is InChI=1S/C55H67FN12O11/c1-4-64-31-39(53(75)76)50(72)38-29-40(56)45(30-44(38)64)65-24-26-66(27-25-65)55(78)79-33-36-16-18-37(19-17-36)59-52(74)43(14-11-22-58-54(57)77)68-32-42(62-63-68)49(34(2)3)61-51(73)41(28-35-12-7-5-8-13-35)60-46(69)15-9-6-10-23-67-47(70)20-21-48(67)71/h5,7-8,12-13,16-19,29-32,34,41,43,49H,4,6,9-11,14-15,20-28,33H2,1-3H3,(H,59,74)(H,60,69)(H,61,73)(H,75,76)(H3,57,58,77)/t41-,43-,49-/m0/s1. The Kier molecular flexibility index (Phi) is 19.9. The van der Waals surface area contributed by atoms with E-state index in [-0.39, 0.29) is 106 Å². The number of aryl methyl sites for hydroxylation is 1. The third-order valence-electron chi connectivity index (χ3n) is 13.9. The van der Waals surface area contributed by atoms with Crippen molar-refractivity contribution in [2.24, 2.45) is 11.7 Å². The van der Waals surface area contributed by atoms with Gasteiger partial charge in [-0.15, -0.1) is 5.10 Å². The predicted octanol–water partition coefficient (Wildman–Crippen LogP) is 4.79. The molecule has 24 heteroatoms. The van der Waals surface area contributed by atoms with Gasteiger partial charge >= 0.3 is 18.1 Å². The molecule has 0 saturated carbocycles. The highest BCUT2D eigenvalue weighted by Gasteiger charge is 2.31. The minimum absolute atomic E-state index is 0.0373. The summed E-state index contributed by atoms with van der Waals surface area (Å²) in [6.07, 6.45) is 5.24. The first kappa shape index (κ1) is 58.0. The van der Waals surface area contributed by atoms with Gasteiger partial charge < -0.3 is 51.2 Å². The average Bonchev–Trinajstić information content (AvgIpc) is 4.09. The van der Waals surface area contributed by atoms with Crippen LogP contribution < -0.4 is 37.3 Å².